The molecule has 18 unspecified atom stereocenters. The number of rotatable bonds is 62. The summed E-state index contributed by atoms with van der Waals surface area (Å²) in [6, 6.07) is 0. The second kappa shape index (κ2) is 57.0. The van der Waals surface area contributed by atoms with Crippen LogP contribution < -0.4 is 0 Å². The zero-order chi connectivity index (χ0) is 73.2. The fourth-order valence-corrected chi connectivity index (χ4v) is 14.1. The summed E-state index contributed by atoms with van der Waals surface area (Å²) in [5.74, 6) is -1.99. The lowest BCUT2D eigenvalue weighted by Crippen LogP contribution is -2.69. The molecule has 1 aliphatic carbocycles. The van der Waals surface area contributed by atoms with Crippen molar-refractivity contribution in [2.24, 2.45) is 0 Å². The van der Waals surface area contributed by atoms with Crippen LogP contribution >= 0.6 is 7.82 Å². The molecule has 0 aromatic heterocycles. The molecule has 0 bridgehead atoms. The van der Waals surface area contributed by atoms with Crippen LogP contribution in [-0.2, 0) is 61.2 Å². The van der Waals surface area contributed by atoms with Gasteiger partial charge in [-0.1, -0.05) is 264 Å². The van der Waals surface area contributed by atoms with E-state index >= 15 is 0 Å². The summed E-state index contributed by atoms with van der Waals surface area (Å²) in [4.78, 5) is 51.1. The molecule has 0 radical (unpaired) electrons. The Hall–Kier alpha value is -2.30. The molecule has 11 N–H and O–H groups in total. The van der Waals surface area contributed by atoms with Crippen LogP contribution in [0, 0.1) is 0 Å². The summed E-state index contributed by atoms with van der Waals surface area (Å²) in [6.07, 6.45) is 16.9. The van der Waals surface area contributed by atoms with Crippen LogP contribution in [0.3, 0.4) is 0 Å². The molecule has 18 atom stereocenters. The number of carbonyl (C=O) groups is 3. The van der Waals surface area contributed by atoms with Crippen LogP contribution in [0.15, 0.2) is 12.2 Å². The highest BCUT2D eigenvalue weighted by Gasteiger charge is 2.58. The Morgan fingerprint density at radius 2 is 0.700 bits per heavy atom. The third-order valence-corrected chi connectivity index (χ3v) is 20.5. The smallest absolute Gasteiger partial charge is 0.463 e. The summed E-state index contributed by atoms with van der Waals surface area (Å²) in [6.45, 7) is 3.46. The van der Waals surface area contributed by atoms with Crippen LogP contribution in [0.5, 0.6) is 0 Å². The number of aliphatic hydroxyl groups is 10. The third-order valence-electron chi connectivity index (χ3n) is 19.5. The van der Waals surface area contributed by atoms with E-state index in [1.54, 1.807) is 0 Å². The molecule has 2 aliphatic heterocycles. The van der Waals surface area contributed by atoms with Gasteiger partial charge in [0.1, 0.15) is 98.7 Å². The lowest BCUT2D eigenvalue weighted by atomic mass is 9.84. The van der Waals surface area contributed by atoms with Gasteiger partial charge in [0.15, 0.2) is 18.7 Å². The first kappa shape index (κ1) is 91.9. The van der Waals surface area contributed by atoms with Crippen LogP contribution in [0.4, 0.5) is 0 Å². The Balaban J connectivity index is 1.71. The summed E-state index contributed by atoms with van der Waals surface area (Å²) < 4.78 is 65.1. The number of allylic oxidation sites excluding steroid dienone is 2. The van der Waals surface area contributed by atoms with Gasteiger partial charge in [0, 0.05) is 19.3 Å². The van der Waals surface area contributed by atoms with Gasteiger partial charge in [-0.2, -0.15) is 0 Å². The molecule has 1 saturated carbocycles. The van der Waals surface area contributed by atoms with E-state index in [4.69, 9.17) is 42.2 Å². The topological polar surface area (TPSA) is 374 Å². The Morgan fingerprint density at radius 3 is 1.09 bits per heavy atom. The standard InChI is InChI=1S/C75H139O24P/c1-4-7-10-13-16-19-22-25-28-29-30-33-35-38-41-44-47-50-60(78)92-55-58-63(81)65(83)70(88)75(96-58)98-72-68(86)66(84)67(85)71(97-74-69(87)64(82)62(80)57(52-76)95-74)73(72)99-100(89,90)93-54-56(94-61(79)51-48-45-42-39-36-32-27-24-21-18-15-12-9-6-3)53-91-59(77)49-46-43-40-37-34-31-26-23-20-17-14-11-8-5-2/h31,34,56-58,62-76,80-88H,4-30,32-33,35-55H2,1-3H3,(H,89,90)/b34-31-. The van der Waals surface area contributed by atoms with Gasteiger partial charge in [-0.15, -0.1) is 0 Å². The molecule has 3 aliphatic rings. The van der Waals surface area contributed by atoms with Crippen LogP contribution in [-0.4, -0.2) is 204 Å². The fraction of sp³-hybridized carbons (Fsp3) is 0.933. The molecule has 0 aromatic carbocycles. The van der Waals surface area contributed by atoms with Gasteiger partial charge in [-0.05, 0) is 44.9 Å². The maximum absolute atomic E-state index is 14.3. The first-order valence-corrected chi connectivity index (χ1v) is 41.0. The van der Waals surface area contributed by atoms with Crippen molar-refractivity contribution in [2.75, 3.05) is 26.4 Å². The molecule has 100 heavy (non-hydrogen) atoms. The number of hydrogen-bond donors (Lipinski definition) is 11. The Bertz CT molecular complexity index is 2110. The first-order chi connectivity index (χ1) is 48.3. The van der Waals surface area contributed by atoms with Gasteiger partial charge in [0.05, 0.1) is 13.2 Å². The Kier molecular flexibility index (Phi) is 52.3. The molecule has 0 spiro atoms. The quantitative estimate of drug-likeness (QED) is 0.00886. The highest BCUT2D eigenvalue weighted by atomic mass is 31.2. The minimum atomic E-state index is -5.70. The number of esters is 3. The average Bonchev–Trinajstić information content (AvgIpc) is 0.762. The minimum Gasteiger partial charge on any atom is -0.463 e. The van der Waals surface area contributed by atoms with Crippen molar-refractivity contribution < 1.29 is 117 Å². The van der Waals surface area contributed by atoms with Crippen molar-refractivity contribution in [3.8, 4) is 0 Å². The van der Waals surface area contributed by atoms with E-state index < -0.39 is 156 Å². The van der Waals surface area contributed by atoms with Crippen LogP contribution in [0.2, 0.25) is 0 Å². The normalized spacial score (nSPS) is 27.3. The second-order valence-electron chi connectivity index (χ2n) is 28.4. The number of ether oxygens (including phenoxy) is 7. The van der Waals surface area contributed by atoms with E-state index in [1.807, 2.05) is 0 Å². The van der Waals surface area contributed by atoms with E-state index in [0.29, 0.717) is 19.3 Å². The molecule has 3 fully saturated rings. The van der Waals surface area contributed by atoms with Gasteiger partial charge in [-0.3, -0.25) is 23.4 Å². The van der Waals surface area contributed by atoms with E-state index in [-0.39, 0.29) is 19.3 Å². The van der Waals surface area contributed by atoms with E-state index in [1.165, 1.54) is 161 Å². The number of carbonyl (C=O) groups excluding carboxylic acids is 3. The summed E-state index contributed by atoms with van der Waals surface area (Å²) in [7, 11) is -5.70. The number of phosphoric acid groups is 1. The molecule has 3 rings (SSSR count). The van der Waals surface area contributed by atoms with Crippen molar-refractivity contribution in [2.45, 2.75) is 420 Å². The number of aliphatic hydroxyl groups excluding tert-OH is 10. The highest BCUT2D eigenvalue weighted by molar-refractivity contribution is 7.47. The third kappa shape index (κ3) is 39.3. The van der Waals surface area contributed by atoms with Crippen molar-refractivity contribution in [1.82, 2.24) is 0 Å². The molecule has 588 valence electrons. The predicted octanol–water partition coefficient (Wildman–Crippen LogP) is 11.5. The largest absolute Gasteiger partial charge is 0.472 e. The number of phosphoric ester groups is 1. The average molecular weight is 1460 g/mol. The van der Waals surface area contributed by atoms with Gasteiger partial charge in [0.2, 0.25) is 0 Å². The fourth-order valence-electron chi connectivity index (χ4n) is 13.1. The van der Waals surface area contributed by atoms with Gasteiger partial charge in [-0.25, -0.2) is 4.57 Å². The number of hydrogen-bond acceptors (Lipinski definition) is 23. The van der Waals surface area contributed by atoms with Crippen molar-refractivity contribution >= 4 is 25.7 Å². The SMILES string of the molecule is CCCCCCCCC/C=C\CCCCCC(=O)OCC(COP(=O)(O)OC1C(OC2OC(CO)C(O)C(O)C2O)C(O)C(O)C(O)C1OC1OC(COC(=O)CCCCCCCCCCCCCCCCCCC)C(O)C(O)C1O)OC(=O)CCCCCCCCCCCCCCCC. The molecule has 0 aromatic rings. The van der Waals surface area contributed by atoms with Crippen molar-refractivity contribution in [1.29, 1.82) is 0 Å². The molecular weight excluding hydrogens is 1320 g/mol. The molecule has 0 amide bonds. The predicted molar refractivity (Wildman–Crippen MR) is 379 cm³/mol. The van der Waals surface area contributed by atoms with E-state index in [0.717, 1.165) is 96.3 Å². The van der Waals surface area contributed by atoms with Crippen LogP contribution in [0.1, 0.15) is 316 Å². The Morgan fingerprint density at radius 1 is 0.380 bits per heavy atom. The van der Waals surface area contributed by atoms with Crippen molar-refractivity contribution in [3.05, 3.63) is 12.2 Å². The van der Waals surface area contributed by atoms with Gasteiger partial charge in [0.25, 0.3) is 0 Å². The summed E-state index contributed by atoms with van der Waals surface area (Å²) >= 11 is 0. The molecule has 25 heteroatoms. The number of unbranched alkanes of at least 4 members (excludes halogenated alkanes) is 39. The summed E-state index contributed by atoms with van der Waals surface area (Å²) in [5, 5.41) is 110. The Labute approximate surface area is 599 Å². The monoisotopic (exact) mass is 1450 g/mol. The zero-order valence-corrected chi connectivity index (χ0v) is 62.4. The maximum Gasteiger partial charge on any atom is 0.472 e. The molecule has 2 saturated heterocycles. The molecule has 2 heterocycles. The van der Waals surface area contributed by atoms with E-state index in [9.17, 15) is 74.9 Å². The molecule has 24 nitrogen and oxygen atoms in total. The lowest BCUT2D eigenvalue weighted by Gasteiger charge is -2.49. The summed E-state index contributed by atoms with van der Waals surface area (Å²) in [5.41, 5.74) is 0. The van der Waals surface area contributed by atoms with E-state index in [2.05, 4.69) is 32.9 Å². The zero-order valence-electron chi connectivity index (χ0n) is 61.5. The van der Waals surface area contributed by atoms with Crippen LogP contribution in [0.25, 0.3) is 0 Å². The highest BCUT2D eigenvalue weighted by Crippen LogP contribution is 2.49. The molecular formula is C75H139O24P. The second-order valence-corrected chi connectivity index (χ2v) is 29.8. The van der Waals surface area contributed by atoms with Gasteiger partial charge < -0.3 is 89.1 Å². The minimum absolute atomic E-state index is 0.0280. The maximum atomic E-state index is 14.3. The van der Waals surface area contributed by atoms with Crippen molar-refractivity contribution in [3.63, 3.8) is 0 Å². The lowest BCUT2D eigenvalue weighted by molar-refractivity contribution is -0.360. The van der Waals surface area contributed by atoms with Gasteiger partial charge >= 0.3 is 25.7 Å². The first-order valence-electron chi connectivity index (χ1n) is 39.5.